The van der Waals surface area contributed by atoms with E-state index in [1.165, 1.54) is 33.0 Å². The topological polar surface area (TPSA) is 99.1 Å². The molecule has 0 heterocycles. The summed E-state index contributed by atoms with van der Waals surface area (Å²) in [5, 5.41) is 4.11. The Morgan fingerprint density at radius 1 is 0.515 bits per heavy atom. The molecule has 0 radical (unpaired) electrons. The van der Waals surface area contributed by atoms with Crippen molar-refractivity contribution >= 4 is 40.9 Å². The first-order chi connectivity index (χ1) is 15.4. The van der Waals surface area contributed by atoms with Crippen LogP contribution in [0.2, 0.25) is 0 Å². The molecule has 0 aliphatic rings. The summed E-state index contributed by atoms with van der Waals surface area (Å²) in [6.45, 7) is 0. The van der Waals surface area contributed by atoms with Crippen molar-refractivity contribution in [1.82, 2.24) is 0 Å². The van der Waals surface area contributed by atoms with Crippen LogP contribution >= 0.6 is 7.92 Å². The van der Waals surface area contributed by atoms with Crippen LogP contribution < -0.4 is 44.6 Å². The van der Waals surface area contributed by atoms with Crippen LogP contribution in [0.4, 0.5) is 17.1 Å². The van der Waals surface area contributed by atoms with Crippen molar-refractivity contribution in [2.45, 2.75) is 0 Å². The predicted octanol–water partition coefficient (Wildman–Crippen LogP) is -0.481. The average Bonchev–Trinajstić information content (AvgIpc) is 2.74. The largest absolute Gasteiger partial charge is 0.378 e. The molecule has 3 aromatic rings. The number of anilines is 3. The van der Waals surface area contributed by atoms with Gasteiger partial charge in [-0.25, -0.2) is 0 Å². The van der Waals surface area contributed by atoms with Crippen molar-refractivity contribution in [3.63, 3.8) is 0 Å². The van der Waals surface area contributed by atoms with Crippen LogP contribution in [-0.4, -0.2) is 46.9 Å². The molecule has 7 nitrogen and oxygen atoms in total. The SMILES string of the molecule is CN(C)c1ccc(P(c2ccc(N(C)C)cc2)c2ccc(N(C)C)cc2)cc1.[O-][Cl+3]([O-])([O-])O. The molecule has 0 fully saturated rings. The zero-order valence-corrected chi connectivity index (χ0v) is 21.4. The van der Waals surface area contributed by atoms with Crippen LogP contribution in [0, 0.1) is 10.2 Å². The highest BCUT2D eigenvalue weighted by Crippen LogP contribution is 2.34. The fourth-order valence-electron chi connectivity index (χ4n) is 3.15. The third-order valence-corrected chi connectivity index (χ3v) is 7.32. The lowest BCUT2D eigenvalue weighted by molar-refractivity contribution is -1.92. The maximum absolute atomic E-state index is 8.60. The Kier molecular flexibility index (Phi) is 9.49. The third kappa shape index (κ3) is 8.48. The van der Waals surface area contributed by atoms with E-state index in [2.05, 4.69) is 130 Å². The lowest BCUT2D eigenvalue weighted by Gasteiger charge is -2.22. The molecule has 0 unspecified atom stereocenters. The fraction of sp³-hybridized carbons (Fsp3) is 0.250. The number of halogens is 1. The van der Waals surface area contributed by atoms with E-state index < -0.39 is 18.2 Å². The zero-order valence-electron chi connectivity index (χ0n) is 19.8. The maximum Gasteiger partial charge on any atom is 0.0777 e. The summed E-state index contributed by atoms with van der Waals surface area (Å²) in [5.74, 6) is 0. The summed E-state index contributed by atoms with van der Waals surface area (Å²) in [4.78, 5) is 6.43. The fourth-order valence-corrected chi connectivity index (χ4v) is 5.38. The van der Waals surface area contributed by atoms with E-state index in [1.54, 1.807) is 0 Å². The quantitative estimate of drug-likeness (QED) is 0.465. The van der Waals surface area contributed by atoms with E-state index >= 15 is 0 Å². The molecule has 0 spiro atoms. The Labute approximate surface area is 199 Å². The Hall–Kier alpha value is -2.38. The first-order valence-electron chi connectivity index (χ1n) is 10.1. The van der Waals surface area contributed by atoms with Gasteiger partial charge in [0.2, 0.25) is 0 Å². The van der Waals surface area contributed by atoms with Crippen LogP contribution in [0.3, 0.4) is 0 Å². The second kappa shape index (κ2) is 11.7. The first kappa shape index (κ1) is 26.9. The summed E-state index contributed by atoms with van der Waals surface area (Å²) in [6, 6.07) is 27.0. The second-order valence-corrected chi connectivity index (χ2v) is 11.0. The first-order valence-corrected chi connectivity index (χ1v) is 12.7. The minimum absolute atomic E-state index is 0.597. The van der Waals surface area contributed by atoms with Crippen molar-refractivity contribution in [2.24, 2.45) is 0 Å². The third-order valence-electron chi connectivity index (χ3n) is 4.87. The van der Waals surface area contributed by atoms with Crippen LogP contribution in [-0.2, 0) is 0 Å². The number of rotatable bonds is 6. The van der Waals surface area contributed by atoms with Crippen LogP contribution in [0.15, 0.2) is 72.8 Å². The number of hydrogen-bond donors (Lipinski definition) is 1. The maximum atomic E-state index is 8.60. The highest BCUT2D eigenvalue weighted by molar-refractivity contribution is 7.79. The van der Waals surface area contributed by atoms with Gasteiger partial charge in [0.1, 0.15) is 0 Å². The van der Waals surface area contributed by atoms with Crippen molar-refractivity contribution < 1.29 is 28.9 Å². The van der Waals surface area contributed by atoms with Crippen LogP contribution in [0.25, 0.3) is 0 Å². The molecule has 178 valence electrons. The molecule has 3 aromatic carbocycles. The second-order valence-electron chi connectivity index (χ2n) is 7.96. The molecule has 33 heavy (non-hydrogen) atoms. The number of nitrogens with zero attached hydrogens (tertiary/aromatic N) is 3. The van der Waals surface area contributed by atoms with Gasteiger partial charge >= 0.3 is 0 Å². The van der Waals surface area contributed by atoms with Crippen molar-refractivity contribution in [2.75, 3.05) is 57.0 Å². The molecule has 0 atom stereocenters. The molecule has 0 bridgehead atoms. The van der Waals surface area contributed by atoms with Crippen molar-refractivity contribution in [3.8, 4) is 0 Å². The molecule has 1 N–H and O–H groups in total. The zero-order chi connectivity index (χ0) is 24.8. The lowest BCUT2D eigenvalue weighted by atomic mass is 10.3. The molecule has 9 heteroatoms. The van der Waals surface area contributed by atoms with E-state index in [4.69, 9.17) is 18.6 Å². The molecule has 0 amide bonds. The van der Waals surface area contributed by atoms with Gasteiger partial charge in [-0.15, -0.1) is 0 Å². The van der Waals surface area contributed by atoms with Crippen LogP contribution in [0.1, 0.15) is 0 Å². The van der Waals surface area contributed by atoms with Gasteiger partial charge in [0, 0.05) is 59.3 Å². The van der Waals surface area contributed by atoms with Gasteiger partial charge in [0.05, 0.1) is 14.9 Å². The molecule has 0 aliphatic carbocycles. The molecule has 0 aromatic heterocycles. The highest BCUT2D eigenvalue weighted by atomic mass is 35.7. The minimum atomic E-state index is -4.69. The summed E-state index contributed by atoms with van der Waals surface area (Å²) < 4.78 is 32.7. The highest BCUT2D eigenvalue weighted by Gasteiger charge is 2.17. The van der Waals surface area contributed by atoms with Gasteiger partial charge in [-0.3, -0.25) is 0 Å². The van der Waals surface area contributed by atoms with Gasteiger partial charge in [-0.2, -0.15) is 14.0 Å². The number of hydrogen-bond acceptors (Lipinski definition) is 7. The normalized spacial score (nSPS) is 11.0. The van der Waals surface area contributed by atoms with E-state index in [9.17, 15) is 0 Å². The summed E-state index contributed by atoms with van der Waals surface area (Å²) in [6.07, 6.45) is 0. The summed E-state index contributed by atoms with van der Waals surface area (Å²) in [7, 11) is 7.20. The Morgan fingerprint density at radius 2 is 0.697 bits per heavy atom. The molecule has 0 aliphatic heterocycles. The average molecular weight is 492 g/mol. The Bertz CT molecular complexity index is 862. The van der Waals surface area contributed by atoms with Gasteiger partial charge in [-0.05, 0) is 60.2 Å². The van der Waals surface area contributed by atoms with Gasteiger partial charge < -0.3 is 14.7 Å². The molecule has 0 saturated carbocycles. The van der Waals surface area contributed by atoms with Crippen molar-refractivity contribution in [3.05, 3.63) is 72.8 Å². The summed E-state index contributed by atoms with van der Waals surface area (Å²) in [5.41, 5.74) is 3.68. The standard InChI is InChI=1S/C24H30N3P.ClHO4/c1-25(2)19-7-13-22(14-8-19)28(23-15-9-20(10-16-23)26(3)4)24-17-11-21(12-18-24)27(5)6;2-1(3,4)5/h7-18H,1-6H3;(H,2,3,4,5). The minimum Gasteiger partial charge on any atom is -0.378 e. The van der Waals surface area contributed by atoms with Crippen LogP contribution in [0.5, 0.6) is 0 Å². The van der Waals surface area contributed by atoms with E-state index in [-0.39, 0.29) is 0 Å². The molecule has 3 rings (SSSR count). The predicted molar refractivity (Wildman–Crippen MR) is 130 cm³/mol. The summed E-state index contributed by atoms with van der Waals surface area (Å²) >= 11 is 0. The molecule has 0 saturated heterocycles. The van der Waals surface area contributed by atoms with E-state index in [1.807, 2.05) is 0 Å². The van der Waals surface area contributed by atoms with E-state index in [0.717, 1.165) is 0 Å². The Balaban J connectivity index is 0.000000696. The smallest absolute Gasteiger partial charge is 0.0777 e. The molecular weight excluding hydrogens is 461 g/mol. The molecular formula is C24H31ClN3O4P. The van der Waals surface area contributed by atoms with Gasteiger partial charge in [0.25, 0.3) is 0 Å². The monoisotopic (exact) mass is 491 g/mol. The van der Waals surface area contributed by atoms with Gasteiger partial charge in [0.15, 0.2) is 0 Å². The Morgan fingerprint density at radius 3 is 0.848 bits per heavy atom. The lowest BCUT2D eigenvalue weighted by Crippen LogP contribution is -2.58. The van der Waals surface area contributed by atoms with Gasteiger partial charge in [-0.1, -0.05) is 36.4 Å². The van der Waals surface area contributed by atoms with Crippen molar-refractivity contribution in [1.29, 1.82) is 0 Å². The van der Waals surface area contributed by atoms with E-state index in [0.29, 0.717) is 0 Å². The number of benzene rings is 3.